The van der Waals surface area contributed by atoms with Gasteiger partial charge in [-0.3, -0.25) is 19.7 Å². The summed E-state index contributed by atoms with van der Waals surface area (Å²) in [5.74, 6) is -0.0744. The van der Waals surface area contributed by atoms with Gasteiger partial charge in [0.1, 0.15) is 11.8 Å². The monoisotopic (exact) mass is 449 g/mol. The van der Waals surface area contributed by atoms with Crippen LogP contribution in [0.25, 0.3) is 0 Å². The molecule has 0 aromatic heterocycles. The lowest BCUT2D eigenvalue weighted by molar-refractivity contribution is -0.147. The SMILES string of the molecule is CCCOC(=O)CC1C(=O)NCCN1C(=S)NC(=O)c1cccc(OCCC(C)C)c1. The third-order valence-corrected chi connectivity index (χ3v) is 5.04. The molecule has 9 heteroatoms. The zero-order chi connectivity index (χ0) is 22.8. The van der Waals surface area contributed by atoms with Crippen LogP contribution in [0.15, 0.2) is 24.3 Å². The molecule has 1 unspecified atom stereocenters. The van der Waals surface area contributed by atoms with Crippen molar-refractivity contribution in [1.29, 1.82) is 0 Å². The molecule has 0 spiro atoms. The summed E-state index contributed by atoms with van der Waals surface area (Å²) in [5, 5.41) is 5.48. The Morgan fingerprint density at radius 3 is 2.81 bits per heavy atom. The smallest absolute Gasteiger partial charge is 0.308 e. The number of carbonyl (C=O) groups is 3. The highest BCUT2D eigenvalue weighted by Gasteiger charge is 2.34. The quantitative estimate of drug-likeness (QED) is 0.441. The van der Waals surface area contributed by atoms with Gasteiger partial charge < -0.3 is 19.7 Å². The number of esters is 1. The number of amides is 2. The van der Waals surface area contributed by atoms with Gasteiger partial charge in [0.15, 0.2) is 5.11 Å². The van der Waals surface area contributed by atoms with Crippen molar-refractivity contribution in [1.82, 2.24) is 15.5 Å². The Bertz CT molecular complexity index is 799. The summed E-state index contributed by atoms with van der Waals surface area (Å²) in [6.07, 6.45) is 1.47. The second-order valence-corrected chi connectivity index (χ2v) is 8.13. The molecule has 2 rings (SSSR count). The van der Waals surface area contributed by atoms with E-state index >= 15 is 0 Å². The van der Waals surface area contributed by atoms with Gasteiger partial charge in [-0.25, -0.2) is 0 Å². The van der Waals surface area contributed by atoms with Gasteiger partial charge >= 0.3 is 5.97 Å². The maximum Gasteiger partial charge on any atom is 0.308 e. The summed E-state index contributed by atoms with van der Waals surface area (Å²) in [4.78, 5) is 38.6. The van der Waals surface area contributed by atoms with Crippen molar-refractivity contribution in [2.45, 2.75) is 46.1 Å². The molecule has 1 atom stereocenters. The van der Waals surface area contributed by atoms with Crippen molar-refractivity contribution in [2.24, 2.45) is 5.92 Å². The zero-order valence-electron chi connectivity index (χ0n) is 18.3. The van der Waals surface area contributed by atoms with Crippen molar-refractivity contribution in [3.05, 3.63) is 29.8 Å². The van der Waals surface area contributed by atoms with Crippen molar-refractivity contribution in [2.75, 3.05) is 26.3 Å². The van der Waals surface area contributed by atoms with Gasteiger partial charge in [0.25, 0.3) is 5.91 Å². The van der Waals surface area contributed by atoms with E-state index in [1.54, 1.807) is 29.2 Å². The van der Waals surface area contributed by atoms with Gasteiger partial charge in [-0.1, -0.05) is 26.8 Å². The van der Waals surface area contributed by atoms with Crippen LogP contribution in [0.2, 0.25) is 0 Å². The molecular weight excluding hydrogens is 418 g/mol. The summed E-state index contributed by atoms with van der Waals surface area (Å²) >= 11 is 5.38. The van der Waals surface area contributed by atoms with Crippen molar-refractivity contribution < 1.29 is 23.9 Å². The summed E-state index contributed by atoms with van der Waals surface area (Å²) in [6.45, 7) is 7.74. The van der Waals surface area contributed by atoms with Crippen LogP contribution in [0, 0.1) is 5.92 Å². The Morgan fingerprint density at radius 1 is 1.32 bits per heavy atom. The minimum atomic E-state index is -0.823. The Kier molecular flexibility index (Phi) is 9.71. The third-order valence-electron chi connectivity index (χ3n) is 4.70. The molecule has 0 bridgehead atoms. The third kappa shape index (κ3) is 7.82. The highest BCUT2D eigenvalue weighted by atomic mass is 32.1. The molecule has 8 nitrogen and oxygen atoms in total. The molecule has 1 saturated heterocycles. The van der Waals surface area contributed by atoms with Crippen LogP contribution in [0.1, 0.15) is 50.4 Å². The van der Waals surface area contributed by atoms with Gasteiger partial charge in [-0.05, 0) is 49.2 Å². The Labute approximate surface area is 188 Å². The van der Waals surface area contributed by atoms with Crippen LogP contribution in [0.5, 0.6) is 5.75 Å². The van der Waals surface area contributed by atoms with Gasteiger partial charge in [0.05, 0.1) is 19.6 Å². The molecule has 0 radical (unpaired) electrons. The highest BCUT2D eigenvalue weighted by molar-refractivity contribution is 7.80. The summed E-state index contributed by atoms with van der Waals surface area (Å²) in [5.41, 5.74) is 0.393. The number of hydrogen-bond acceptors (Lipinski definition) is 6. The first-order valence-corrected chi connectivity index (χ1v) is 11.0. The average molecular weight is 450 g/mol. The first-order chi connectivity index (χ1) is 14.8. The maximum absolute atomic E-state index is 12.7. The Balaban J connectivity index is 2.00. The lowest BCUT2D eigenvalue weighted by atomic mass is 10.1. The van der Waals surface area contributed by atoms with Crippen LogP contribution in [-0.4, -0.2) is 60.1 Å². The van der Waals surface area contributed by atoms with Gasteiger partial charge in [-0.2, -0.15) is 0 Å². The van der Waals surface area contributed by atoms with Crippen molar-refractivity contribution >= 4 is 35.1 Å². The number of ether oxygens (including phenoxy) is 2. The maximum atomic E-state index is 12.7. The topological polar surface area (TPSA) is 97.0 Å². The van der Waals surface area contributed by atoms with E-state index in [0.717, 1.165) is 6.42 Å². The first-order valence-electron chi connectivity index (χ1n) is 10.6. The number of nitrogens with zero attached hydrogens (tertiary/aromatic N) is 1. The second kappa shape index (κ2) is 12.2. The van der Waals surface area contributed by atoms with E-state index in [1.165, 1.54) is 0 Å². The molecule has 1 aromatic rings. The molecule has 0 aliphatic carbocycles. The van der Waals surface area contributed by atoms with E-state index < -0.39 is 17.9 Å². The largest absolute Gasteiger partial charge is 0.494 e. The minimum Gasteiger partial charge on any atom is -0.494 e. The van der Waals surface area contributed by atoms with Gasteiger partial charge in [0.2, 0.25) is 5.91 Å². The summed E-state index contributed by atoms with van der Waals surface area (Å²) < 4.78 is 10.8. The molecule has 2 amide bonds. The highest BCUT2D eigenvalue weighted by Crippen LogP contribution is 2.15. The molecule has 1 aromatic carbocycles. The molecule has 0 saturated carbocycles. The number of thiocarbonyl (C=S) groups is 1. The van der Waals surface area contributed by atoms with Crippen molar-refractivity contribution in [3.8, 4) is 5.75 Å². The van der Waals surface area contributed by atoms with E-state index in [-0.39, 0.29) is 17.4 Å². The molecule has 170 valence electrons. The molecule has 1 aliphatic rings. The van der Waals surface area contributed by atoms with E-state index in [0.29, 0.717) is 50.0 Å². The van der Waals surface area contributed by atoms with Crippen LogP contribution >= 0.6 is 12.2 Å². The Hall–Kier alpha value is -2.68. The summed E-state index contributed by atoms with van der Waals surface area (Å²) in [7, 11) is 0. The van der Waals surface area contributed by atoms with Crippen molar-refractivity contribution in [3.63, 3.8) is 0 Å². The average Bonchev–Trinajstić information content (AvgIpc) is 2.73. The van der Waals surface area contributed by atoms with E-state index in [1.807, 2.05) is 6.92 Å². The fourth-order valence-corrected chi connectivity index (χ4v) is 3.29. The first kappa shape index (κ1) is 24.6. The second-order valence-electron chi connectivity index (χ2n) is 7.74. The number of piperazine rings is 1. The predicted molar refractivity (Wildman–Crippen MR) is 121 cm³/mol. The van der Waals surface area contributed by atoms with Gasteiger partial charge in [0, 0.05) is 18.7 Å². The van der Waals surface area contributed by atoms with Crippen LogP contribution in [0.4, 0.5) is 0 Å². The van der Waals surface area contributed by atoms with E-state index in [4.69, 9.17) is 21.7 Å². The molecule has 1 aliphatic heterocycles. The number of hydrogen-bond donors (Lipinski definition) is 2. The number of nitrogens with one attached hydrogen (secondary N) is 2. The number of rotatable bonds is 9. The van der Waals surface area contributed by atoms with Crippen LogP contribution in [0.3, 0.4) is 0 Å². The number of carbonyl (C=O) groups excluding carboxylic acids is 3. The molecule has 1 heterocycles. The van der Waals surface area contributed by atoms with Gasteiger partial charge in [-0.15, -0.1) is 0 Å². The fourth-order valence-electron chi connectivity index (χ4n) is 2.97. The lowest BCUT2D eigenvalue weighted by Crippen LogP contribution is -2.60. The number of benzene rings is 1. The van der Waals surface area contributed by atoms with E-state index in [9.17, 15) is 14.4 Å². The standard InChI is InChI=1S/C22H31N3O5S/c1-4-11-30-19(26)14-18-21(28)23-9-10-25(18)22(31)24-20(27)16-6-5-7-17(13-16)29-12-8-15(2)3/h5-7,13,15,18H,4,8-12,14H2,1-3H3,(H,23,28)(H,24,27,31). The molecule has 2 N–H and O–H groups in total. The fraction of sp³-hybridized carbons (Fsp3) is 0.545. The Morgan fingerprint density at radius 2 is 2.10 bits per heavy atom. The molecule has 31 heavy (non-hydrogen) atoms. The van der Waals surface area contributed by atoms with Crippen LogP contribution < -0.4 is 15.4 Å². The molecular formula is C22H31N3O5S. The predicted octanol–water partition coefficient (Wildman–Crippen LogP) is 2.27. The van der Waals surface area contributed by atoms with Crippen LogP contribution in [-0.2, 0) is 14.3 Å². The normalized spacial score (nSPS) is 15.9. The zero-order valence-corrected chi connectivity index (χ0v) is 19.1. The van der Waals surface area contributed by atoms with E-state index in [2.05, 4.69) is 24.5 Å². The summed E-state index contributed by atoms with van der Waals surface area (Å²) in [6, 6.07) is 6.03. The molecule has 1 fully saturated rings. The minimum absolute atomic E-state index is 0.0965. The lowest BCUT2D eigenvalue weighted by Gasteiger charge is -2.36.